The number of ether oxygens (including phenoxy) is 1. The predicted octanol–water partition coefficient (Wildman–Crippen LogP) is 3.71. The highest BCUT2D eigenvalue weighted by Gasteiger charge is 2.19. The molecule has 0 atom stereocenters. The Morgan fingerprint density at radius 2 is 1.81 bits per heavy atom. The van der Waals surface area contributed by atoms with E-state index in [0.717, 1.165) is 21.8 Å². The minimum absolute atomic E-state index is 0.111. The number of nitrogens with one attached hydrogen (secondary N) is 2. The SMILES string of the molecule is COc1ccc(C(=O)NCc2nnc(SCC(=O)Nc3nnc(C)s3)n2-c2cccc(C)c2C)cc1. The Balaban J connectivity index is 1.53. The molecule has 2 aromatic heterocycles. The first-order valence-electron chi connectivity index (χ1n) is 11.0. The van der Waals surface area contributed by atoms with Gasteiger partial charge in [-0.05, 0) is 62.2 Å². The van der Waals surface area contributed by atoms with E-state index in [1.165, 1.54) is 23.1 Å². The molecule has 0 unspecified atom stereocenters. The molecule has 0 saturated heterocycles. The zero-order chi connectivity index (χ0) is 25.7. The van der Waals surface area contributed by atoms with Gasteiger partial charge in [-0.3, -0.25) is 19.5 Å². The van der Waals surface area contributed by atoms with Crippen LogP contribution in [-0.4, -0.2) is 49.6 Å². The molecule has 0 saturated carbocycles. The summed E-state index contributed by atoms with van der Waals surface area (Å²) in [5.74, 6) is 0.872. The van der Waals surface area contributed by atoms with Gasteiger partial charge in [-0.2, -0.15) is 0 Å². The van der Waals surface area contributed by atoms with E-state index in [1.54, 1.807) is 31.4 Å². The summed E-state index contributed by atoms with van der Waals surface area (Å²) in [4.78, 5) is 25.2. The monoisotopic (exact) mass is 523 g/mol. The minimum atomic E-state index is -0.242. The lowest BCUT2D eigenvalue weighted by Crippen LogP contribution is -2.24. The summed E-state index contributed by atoms with van der Waals surface area (Å²) in [6.45, 7) is 6.02. The van der Waals surface area contributed by atoms with Gasteiger partial charge in [0.05, 0.1) is 25.1 Å². The Morgan fingerprint density at radius 3 is 2.50 bits per heavy atom. The highest BCUT2D eigenvalue weighted by Crippen LogP contribution is 2.26. The fourth-order valence-electron chi connectivity index (χ4n) is 3.36. The van der Waals surface area contributed by atoms with E-state index in [1.807, 2.05) is 43.5 Å². The highest BCUT2D eigenvalue weighted by molar-refractivity contribution is 7.99. The van der Waals surface area contributed by atoms with Crippen LogP contribution in [0.25, 0.3) is 5.69 Å². The number of hydrogen-bond donors (Lipinski definition) is 2. The summed E-state index contributed by atoms with van der Waals surface area (Å²) in [5, 5.41) is 23.9. The number of carbonyl (C=O) groups is 2. The Labute approximate surface area is 216 Å². The van der Waals surface area contributed by atoms with Crippen LogP contribution in [0, 0.1) is 20.8 Å². The van der Waals surface area contributed by atoms with Crippen molar-refractivity contribution in [3.63, 3.8) is 0 Å². The summed E-state index contributed by atoms with van der Waals surface area (Å²) in [7, 11) is 1.58. The molecule has 2 heterocycles. The predicted molar refractivity (Wildman–Crippen MR) is 139 cm³/mol. The molecule has 4 aromatic rings. The molecular weight excluding hydrogens is 498 g/mol. The molecular formula is C24H25N7O3S2. The van der Waals surface area contributed by atoms with E-state index in [-0.39, 0.29) is 24.1 Å². The van der Waals surface area contributed by atoms with Gasteiger partial charge in [0.2, 0.25) is 11.0 Å². The van der Waals surface area contributed by atoms with E-state index in [9.17, 15) is 9.59 Å². The normalized spacial score (nSPS) is 10.8. The van der Waals surface area contributed by atoms with Gasteiger partial charge in [-0.1, -0.05) is 35.2 Å². The van der Waals surface area contributed by atoms with Crippen LogP contribution < -0.4 is 15.4 Å². The van der Waals surface area contributed by atoms with Gasteiger partial charge >= 0.3 is 0 Å². The molecule has 10 nitrogen and oxygen atoms in total. The van der Waals surface area contributed by atoms with Crippen molar-refractivity contribution in [1.29, 1.82) is 0 Å². The topological polar surface area (TPSA) is 124 Å². The van der Waals surface area contributed by atoms with Gasteiger partial charge in [0.25, 0.3) is 5.91 Å². The highest BCUT2D eigenvalue weighted by atomic mass is 32.2. The van der Waals surface area contributed by atoms with E-state index in [2.05, 4.69) is 31.0 Å². The van der Waals surface area contributed by atoms with Crippen molar-refractivity contribution in [2.75, 3.05) is 18.2 Å². The second-order valence-corrected chi connectivity index (χ2v) is 9.95. The summed E-state index contributed by atoms with van der Waals surface area (Å²) in [5.41, 5.74) is 3.55. The first-order valence-corrected chi connectivity index (χ1v) is 12.8. The third-order valence-electron chi connectivity index (χ3n) is 5.38. The van der Waals surface area contributed by atoms with Crippen molar-refractivity contribution in [2.45, 2.75) is 32.5 Å². The molecule has 0 bridgehead atoms. The molecule has 0 aliphatic heterocycles. The molecule has 4 rings (SSSR count). The van der Waals surface area contributed by atoms with Gasteiger partial charge in [-0.25, -0.2) is 0 Å². The van der Waals surface area contributed by atoms with Crippen molar-refractivity contribution in [3.05, 3.63) is 70.0 Å². The van der Waals surface area contributed by atoms with Gasteiger partial charge in [-0.15, -0.1) is 20.4 Å². The fourth-order valence-corrected chi connectivity index (χ4v) is 4.74. The molecule has 12 heteroatoms. The number of nitrogens with zero attached hydrogens (tertiary/aromatic N) is 5. The molecule has 186 valence electrons. The number of hydrogen-bond acceptors (Lipinski definition) is 9. The third kappa shape index (κ3) is 5.89. The average molecular weight is 524 g/mol. The number of thioether (sulfide) groups is 1. The van der Waals surface area contributed by atoms with Crippen molar-refractivity contribution >= 4 is 40.0 Å². The second kappa shape index (κ2) is 11.3. The Hall–Kier alpha value is -3.77. The molecule has 0 aliphatic carbocycles. The maximum atomic E-state index is 12.7. The summed E-state index contributed by atoms with van der Waals surface area (Å²) in [6.07, 6.45) is 0. The summed E-state index contributed by atoms with van der Waals surface area (Å²) in [6, 6.07) is 12.8. The number of methoxy groups -OCH3 is 1. The quantitative estimate of drug-likeness (QED) is 0.318. The van der Waals surface area contributed by atoms with Crippen LogP contribution >= 0.6 is 23.1 Å². The summed E-state index contributed by atoms with van der Waals surface area (Å²) >= 11 is 2.56. The van der Waals surface area contributed by atoms with E-state index in [4.69, 9.17) is 4.74 Å². The fraction of sp³-hybridized carbons (Fsp3) is 0.250. The third-order valence-corrected chi connectivity index (χ3v) is 7.06. The Bertz CT molecular complexity index is 1380. The zero-order valence-electron chi connectivity index (χ0n) is 20.2. The molecule has 0 aliphatic rings. The standard InChI is InChI=1S/C24H25N7O3S2/c1-14-6-5-7-19(15(14)2)31-20(12-25-22(33)17-8-10-18(34-4)11-9-17)28-30-24(31)35-13-21(32)26-23-29-27-16(3)36-23/h5-11H,12-13H2,1-4H3,(H,25,33)(H,26,29,32). The molecule has 2 amide bonds. The van der Waals surface area contributed by atoms with Crippen LogP contribution in [0.15, 0.2) is 47.6 Å². The van der Waals surface area contributed by atoms with Gasteiger partial charge in [0.1, 0.15) is 10.8 Å². The number of benzene rings is 2. The summed E-state index contributed by atoms with van der Waals surface area (Å²) < 4.78 is 7.03. The molecule has 0 radical (unpaired) electrons. The van der Waals surface area contributed by atoms with Crippen LogP contribution in [0.4, 0.5) is 5.13 Å². The lowest BCUT2D eigenvalue weighted by atomic mass is 10.1. The number of rotatable bonds is 9. The number of aromatic nitrogens is 5. The van der Waals surface area contributed by atoms with Crippen LogP contribution in [0.2, 0.25) is 0 Å². The van der Waals surface area contributed by atoms with Crippen molar-refractivity contribution in [2.24, 2.45) is 0 Å². The van der Waals surface area contributed by atoms with Gasteiger partial charge in [0, 0.05) is 5.56 Å². The average Bonchev–Trinajstić information content (AvgIpc) is 3.48. The zero-order valence-corrected chi connectivity index (χ0v) is 21.9. The molecule has 2 aromatic carbocycles. The van der Waals surface area contributed by atoms with Crippen LogP contribution in [0.3, 0.4) is 0 Å². The van der Waals surface area contributed by atoms with Crippen molar-refractivity contribution < 1.29 is 14.3 Å². The Kier molecular flexibility index (Phi) is 7.96. The van der Waals surface area contributed by atoms with Crippen LogP contribution in [0.1, 0.15) is 32.3 Å². The number of anilines is 1. The van der Waals surface area contributed by atoms with E-state index in [0.29, 0.717) is 27.4 Å². The van der Waals surface area contributed by atoms with E-state index < -0.39 is 0 Å². The molecule has 2 N–H and O–H groups in total. The maximum Gasteiger partial charge on any atom is 0.251 e. The minimum Gasteiger partial charge on any atom is -0.497 e. The number of aryl methyl sites for hydroxylation is 2. The van der Waals surface area contributed by atoms with Crippen LogP contribution in [0.5, 0.6) is 5.75 Å². The van der Waals surface area contributed by atoms with Crippen molar-refractivity contribution in [3.8, 4) is 11.4 Å². The Morgan fingerprint density at radius 1 is 1.03 bits per heavy atom. The largest absolute Gasteiger partial charge is 0.497 e. The molecule has 0 spiro atoms. The molecule has 36 heavy (non-hydrogen) atoms. The van der Waals surface area contributed by atoms with Crippen molar-refractivity contribution in [1.82, 2.24) is 30.3 Å². The lowest BCUT2D eigenvalue weighted by Gasteiger charge is -2.14. The first kappa shape index (κ1) is 25.3. The number of amides is 2. The van der Waals surface area contributed by atoms with Crippen LogP contribution in [-0.2, 0) is 11.3 Å². The van der Waals surface area contributed by atoms with Gasteiger partial charge < -0.3 is 10.1 Å². The number of carbonyl (C=O) groups excluding carboxylic acids is 2. The molecule has 0 fully saturated rings. The van der Waals surface area contributed by atoms with Gasteiger partial charge in [0.15, 0.2) is 11.0 Å². The maximum absolute atomic E-state index is 12.7. The smallest absolute Gasteiger partial charge is 0.251 e. The lowest BCUT2D eigenvalue weighted by molar-refractivity contribution is -0.113. The second-order valence-electron chi connectivity index (χ2n) is 7.83. The van der Waals surface area contributed by atoms with E-state index >= 15 is 0 Å². The first-order chi connectivity index (χ1) is 17.4.